The number of aromatic nitrogens is 3. The lowest BCUT2D eigenvalue weighted by atomic mass is 10.1. The lowest BCUT2D eigenvalue weighted by Crippen LogP contribution is -2.15. The van der Waals surface area contributed by atoms with Crippen molar-refractivity contribution in [3.05, 3.63) is 72.8 Å². The van der Waals surface area contributed by atoms with Gasteiger partial charge in [-0.3, -0.25) is 9.78 Å². The summed E-state index contributed by atoms with van der Waals surface area (Å²) in [5.41, 5.74) is 1.09. The first-order valence-electron chi connectivity index (χ1n) is 7.18. The Morgan fingerprint density at radius 2 is 1.61 bits per heavy atom. The summed E-state index contributed by atoms with van der Waals surface area (Å²) in [5, 5.41) is 5.84. The number of amides is 1. The summed E-state index contributed by atoms with van der Waals surface area (Å²) in [6.07, 6.45) is 4.44. The van der Waals surface area contributed by atoms with Crippen LogP contribution in [0.15, 0.2) is 67.1 Å². The number of carbonyl (C=O) groups is 1. The minimum atomic E-state index is -0.328. The molecule has 4 aromatic rings. The van der Waals surface area contributed by atoms with Gasteiger partial charge >= 0.3 is 0 Å². The van der Waals surface area contributed by atoms with Crippen LogP contribution in [0, 0.1) is 0 Å². The Morgan fingerprint density at radius 3 is 2.39 bits per heavy atom. The third-order valence-corrected chi connectivity index (χ3v) is 3.64. The second-order valence-corrected chi connectivity index (χ2v) is 5.07. The van der Waals surface area contributed by atoms with Crippen LogP contribution in [0.3, 0.4) is 0 Å². The number of fused-ring (bicyclic) bond motifs is 3. The monoisotopic (exact) mass is 300 g/mol. The molecule has 5 heteroatoms. The molecule has 0 atom stereocenters. The number of nitrogens with zero attached hydrogens (tertiary/aromatic N) is 3. The molecule has 0 bridgehead atoms. The molecule has 0 spiro atoms. The molecule has 5 nitrogen and oxygen atoms in total. The molecule has 0 fully saturated rings. The van der Waals surface area contributed by atoms with Gasteiger partial charge in [-0.2, -0.15) is 0 Å². The van der Waals surface area contributed by atoms with Crippen LogP contribution < -0.4 is 5.32 Å². The summed E-state index contributed by atoms with van der Waals surface area (Å²) in [6.45, 7) is 0. The van der Waals surface area contributed by atoms with Crippen molar-refractivity contribution in [1.29, 1.82) is 0 Å². The molecule has 2 heterocycles. The molecule has 0 saturated carbocycles. The van der Waals surface area contributed by atoms with Crippen molar-refractivity contribution >= 4 is 33.4 Å². The van der Waals surface area contributed by atoms with Gasteiger partial charge in [-0.25, -0.2) is 9.97 Å². The number of benzene rings is 2. The first kappa shape index (κ1) is 13.3. The molecule has 0 saturated heterocycles. The Balaban J connectivity index is 1.87. The Bertz CT molecular complexity index is 1020. The van der Waals surface area contributed by atoms with Crippen LogP contribution in [0.1, 0.15) is 10.5 Å². The van der Waals surface area contributed by atoms with Gasteiger partial charge in [0.2, 0.25) is 0 Å². The van der Waals surface area contributed by atoms with E-state index < -0.39 is 0 Å². The van der Waals surface area contributed by atoms with E-state index in [1.165, 1.54) is 18.6 Å². The van der Waals surface area contributed by atoms with Gasteiger partial charge in [0.05, 0.1) is 11.7 Å². The van der Waals surface area contributed by atoms with Crippen LogP contribution in [-0.4, -0.2) is 20.9 Å². The van der Waals surface area contributed by atoms with Gasteiger partial charge in [-0.05, 0) is 11.5 Å². The molecule has 4 rings (SSSR count). The number of carbonyl (C=O) groups excluding carboxylic acids is 1. The fourth-order valence-electron chi connectivity index (χ4n) is 2.59. The van der Waals surface area contributed by atoms with E-state index in [1.54, 1.807) is 0 Å². The predicted octanol–water partition coefficient (Wildman–Crippen LogP) is 3.43. The highest BCUT2D eigenvalue weighted by atomic mass is 16.1. The molecule has 110 valence electrons. The maximum atomic E-state index is 12.3. The van der Waals surface area contributed by atoms with Crippen LogP contribution in [0.2, 0.25) is 0 Å². The standard InChI is InChI=1S/C18H12N4O/c23-18(16-11-19-9-10-20-16)22-17-14-7-2-1-5-12(14)13-6-3-4-8-15(13)21-17/h1-11H,(H,21,22,23). The second-order valence-electron chi connectivity index (χ2n) is 5.07. The topological polar surface area (TPSA) is 67.8 Å². The SMILES string of the molecule is O=C(Nc1nc2ccccc2c2ccccc12)c1cnccn1. The quantitative estimate of drug-likeness (QED) is 0.576. The van der Waals surface area contributed by atoms with Gasteiger partial charge in [0.15, 0.2) is 0 Å². The number of nitrogens with one attached hydrogen (secondary N) is 1. The van der Waals surface area contributed by atoms with Gasteiger partial charge in [0, 0.05) is 23.2 Å². The largest absolute Gasteiger partial charge is 0.305 e. The van der Waals surface area contributed by atoms with Gasteiger partial charge in [-0.15, -0.1) is 0 Å². The molecule has 2 aromatic carbocycles. The number of hydrogen-bond donors (Lipinski definition) is 1. The van der Waals surface area contributed by atoms with Crippen molar-refractivity contribution in [2.24, 2.45) is 0 Å². The van der Waals surface area contributed by atoms with Gasteiger partial charge in [-0.1, -0.05) is 42.5 Å². The Morgan fingerprint density at radius 1 is 0.870 bits per heavy atom. The van der Waals surface area contributed by atoms with E-state index in [-0.39, 0.29) is 11.6 Å². The molecule has 0 aliphatic carbocycles. The summed E-state index contributed by atoms with van der Waals surface area (Å²) in [6, 6.07) is 15.7. The minimum Gasteiger partial charge on any atom is -0.305 e. The molecule has 23 heavy (non-hydrogen) atoms. The van der Waals surface area contributed by atoms with Crippen molar-refractivity contribution in [2.45, 2.75) is 0 Å². The third-order valence-electron chi connectivity index (χ3n) is 3.64. The van der Waals surface area contributed by atoms with Crippen LogP contribution in [0.4, 0.5) is 5.82 Å². The summed E-state index contributed by atoms with van der Waals surface area (Å²) >= 11 is 0. The van der Waals surface area contributed by atoms with Gasteiger partial charge < -0.3 is 5.32 Å². The molecule has 0 aliphatic rings. The Labute approximate surface area is 132 Å². The highest BCUT2D eigenvalue weighted by Gasteiger charge is 2.12. The lowest BCUT2D eigenvalue weighted by molar-refractivity contribution is 0.102. The number of hydrogen-bond acceptors (Lipinski definition) is 4. The fraction of sp³-hybridized carbons (Fsp3) is 0. The average molecular weight is 300 g/mol. The third kappa shape index (κ3) is 2.38. The lowest BCUT2D eigenvalue weighted by Gasteiger charge is -2.10. The van der Waals surface area contributed by atoms with E-state index >= 15 is 0 Å². The summed E-state index contributed by atoms with van der Waals surface area (Å²) in [4.78, 5) is 24.9. The van der Waals surface area contributed by atoms with Crippen LogP contribution in [0.5, 0.6) is 0 Å². The zero-order valence-electron chi connectivity index (χ0n) is 12.1. The minimum absolute atomic E-state index is 0.256. The molecular formula is C18H12N4O. The van der Waals surface area contributed by atoms with E-state index in [2.05, 4.69) is 20.3 Å². The summed E-state index contributed by atoms with van der Waals surface area (Å²) in [5.74, 6) is 0.195. The molecule has 0 aliphatic heterocycles. The Hall–Kier alpha value is -3.34. The van der Waals surface area contributed by atoms with Crippen LogP contribution >= 0.6 is 0 Å². The Kier molecular flexibility index (Phi) is 3.16. The van der Waals surface area contributed by atoms with E-state index in [0.717, 1.165) is 21.7 Å². The first-order valence-corrected chi connectivity index (χ1v) is 7.18. The highest BCUT2D eigenvalue weighted by molar-refractivity contribution is 6.14. The molecule has 2 aromatic heterocycles. The highest BCUT2D eigenvalue weighted by Crippen LogP contribution is 2.29. The maximum absolute atomic E-state index is 12.3. The molecular weight excluding hydrogens is 288 g/mol. The first-order chi connectivity index (χ1) is 11.3. The van der Waals surface area contributed by atoms with Crippen molar-refractivity contribution in [1.82, 2.24) is 15.0 Å². The van der Waals surface area contributed by atoms with Crippen molar-refractivity contribution < 1.29 is 4.79 Å². The smallest absolute Gasteiger partial charge is 0.277 e. The molecule has 0 unspecified atom stereocenters. The van der Waals surface area contributed by atoms with E-state index in [1.807, 2.05) is 48.5 Å². The van der Waals surface area contributed by atoms with Crippen molar-refractivity contribution in [2.75, 3.05) is 5.32 Å². The summed E-state index contributed by atoms with van der Waals surface area (Å²) in [7, 11) is 0. The van der Waals surface area contributed by atoms with Gasteiger partial charge in [0.25, 0.3) is 5.91 Å². The van der Waals surface area contributed by atoms with E-state index in [9.17, 15) is 4.79 Å². The van der Waals surface area contributed by atoms with Crippen molar-refractivity contribution in [3.8, 4) is 0 Å². The van der Waals surface area contributed by atoms with E-state index in [0.29, 0.717) is 5.82 Å². The van der Waals surface area contributed by atoms with Crippen molar-refractivity contribution in [3.63, 3.8) is 0 Å². The average Bonchev–Trinajstić information content (AvgIpc) is 2.62. The number of pyridine rings is 1. The maximum Gasteiger partial charge on any atom is 0.277 e. The predicted molar refractivity (Wildman–Crippen MR) is 89.2 cm³/mol. The zero-order valence-corrected chi connectivity index (χ0v) is 12.1. The number of para-hydroxylation sites is 1. The fourth-order valence-corrected chi connectivity index (χ4v) is 2.59. The van der Waals surface area contributed by atoms with E-state index in [4.69, 9.17) is 0 Å². The molecule has 1 N–H and O–H groups in total. The molecule has 0 radical (unpaired) electrons. The second kappa shape index (κ2) is 5.46. The summed E-state index contributed by atoms with van der Waals surface area (Å²) < 4.78 is 0. The number of anilines is 1. The van der Waals surface area contributed by atoms with Crippen LogP contribution in [-0.2, 0) is 0 Å². The normalized spacial score (nSPS) is 10.8. The zero-order chi connectivity index (χ0) is 15.6. The van der Waals surface area contributed by atoms with Crippen LogP contribution in [0.25, 0.3) is 21.7 Å². The van der Waals surface area contributed by atoms with Gasteiger partial charge in [0.1, 0.15) is 11.5 Å². The molecule has 1 amide bonds. The number of rotatable bonds is 2.